The lowest BCUT2D eigenvalue weighted by Gasteiger charge is -2.36. The van der Waals surface area contributed by atoms with Crippen LogP contribution in [0.3, 0.4) is 0 Å². The molecule has 2 heterocycles. The Morgan fingerprint density at radius 1 is 1.29 bits per heavy atom. The largest absolute Gasteiger partial charge is 0.495 e. The molecule has 2 aliphatic rings. The van der Waals surface area contributed by atoms with Crippen LogP contribution in [0.5, 0.6) is 5.75 Å². The summed E-state index contributed by atoms with van der Waals surface area (Å²) in [4.78, 5) is 2.54. The predicted molar refractivity (Wildman–Crippen MR) is 80.8 cm³/mol. The van der Waals surface area contributed by atoms with Gasteiger partial charge >= 0.3 is 0 Å². The normalized spacial score (nSPS) is 24.0. The molecule has 0 aliphatic carbocycles. The molecule has 1 aromatic rings. The molecule has 21 heavy (non-hydrogen) atoms. The number of benzene rings is 1. The van der Waals surface area contributed by atoms with E-state index in [1.807, 2.05) is 0 Å². The number of hydrogen-bond donors (Lipinski definition) is 1. The summed E-state index contributed by atoms with van der Waals surface area (Å²) in [6, 6.07) is 5.08. The van der Waals surface area contributed by atoms with Crippen molar-refractivity contribution in [1.29, 1.82) is 0 Å². The molecule has 0 spiro atoms. The van der Waals surface area contributed by atoms with Crippen LogP contribution in [0.1, 0.15) is 12.8 Å². The first kappa shape index (κ1) is 14.6. The number of anilines is 1. The maximum Gasteiger partial charge on any atom is 0.246 e. The summed E-state index contributed by atoms with van der Waals surface area (Å²) in [5, 5.41) is 0. The van der Waals surface area contributed by atoms with Gasteiger partial charge in [-0.3, -0.25) is 4.90 Å². The van der Waals surface area contributed by atoms with Gasteiger partial charge < -0.3 is 10.5 Å². The lowest BCUT2D eigenvalue weighted by Crippen LogP contribution is -2.51. The van der Waals surface area contributed by atoms with Crippen LogP contribution < -0.4 is 10.5 Å². The van der Waals surface area contributed by atoms with Crippen molar-refractivity contribution in [1.82, 2.24) is 9.21 Å². The van der Waals surface area contributed by atoms with Gasteiger partial charge in [0.2, 0.25) is 10.0 Å². The third-order valence-corrected chi connectivity index (χ3v) is 6.24. The molecular formula is C14H21N3O3S. The van der Waals surface area contributed by atoms with Crippen LogP contribution in [0, 0.1) is 0 Å². The number of sulfonamides is 1. The highest BCUT2D eigenvalue weighted by Crippen LogP contribution is 2.31. The van der Waals surface area contributed by atoms with Gasteiger partial charge in [-0.2, -0.15) is 4.31 Å². The molecule has 116 valence electrons. The number of rotatable bonds is 3. The van der Waals surface area contributed by atoms with Crippen LogP contribution in [-0.2, 0) is 10.0 Å². The van der Waals surface area contributed by atoms with Gasteiger partial charge in [-0.05, 0) is 37.6 Å². The monoisotopic (exact) mass is 311 g/mol. The zero-order chi connectivity index (χ0) is 15.0. The highest BCUT2D eigenvalue weighted by atomic mass is 32.2. The Morgan fingerprint density at radius 3 is 2.86 bits per heavy atom. The molecule has 0 amide bonds. The zero-order valence-corrected chi connectivity index (χ0v) is 13.0. The van der Waals surface area contributed by atoms with Crippen molar-refractivity contribution in [2.75, 3.05) is 39.0 Å². The van der Waals surface area contributed by atoms with E-state index in [0.29, 0.717) is 30.6 Å². The number of ether oxygens (including phenoxy) is 1. The summed E-state index contributed by atoms with van der Waals surface area (Å²) in [5.74, 6) is 0.345. The second kappa shape index (κ2) is 5.47. The minimum Gasteiger partial charge on any atom is -0.495 e. The van der Waals surface area contributed by atoms with E-state index in [1.54, 1.807) is 16.4 Å². The first-order valence-corrected chi connectivity index (χ1v) is 8.64. The Balaban J connectivity index is 1.91. The molecule has 3 rings (SSSR count). The molecule has 1 unspecified atom stereocenters. The Hall–Kier alpha value is -1.31. The highest BCUT2D eigenvalue weighted by Gasteiger charge is 2.37. The molecule has 2 N–H and O–H groups in total. The second-order valence-electron chi connectivity index (χ2n) is 5.61. The van der Waals surface area contributed by atoms with E-state index in [-0.39, 0.29) is 4.90 Å². The quantitative estimate of drug-likeness (QED) is 0.834. The van der Waals surface area contributed by atoms with Gasteiger partial charge in [0.1, 0.15) is 10.6 Å². The van der Waals surface area contributed by atoms with Gasteiger partial charge in [0.25, 0.3) is 0 Å². The lowest BCUT2D eigenvalue weighted by molar-refractivity contribution is 0.158. The van der Waals surface area contributed by atoms with Crippen molar-refractivity contribution in [3.05, 3.63) is 18.2 Å². The number of fused-ring (bicyclic) bond motifs is 1. The van der Waals surface area contributed by atoms with E-state index in [9.17, 15) is 8.42 Å². The molecule has 0 radical (unpaired) electrons. The van der Waals surface area contributed by atoms with Crippen molar-refractivity contribution in [2.45, 2.75) is 23.8 Å². The first-order chi connectivity index (χ1) is 10.0. The molecule has 2 fully saturated rings. The number of nitrogens with zero attached hydrogens (tertiary/aromatic N) is 2. The summed E-state index contributed by atoms with van der Waals surface area (Å²) >= 11 is 0. The van der Waals surface area contributed by atoms with E-state index in [2.05, 4.69) is 4.90 Å². The smallest absolute Gasteiger partial charge is 0.246 e. The van der Waals surface area contributed by atoms with Gasteiger partial charge in [-0.1, -0.05) is 0 Å². The lowest BCUT2D eigenvalue weighted by atomic mass is 10.2. The summed E-state index contributed by atoms with van der Waals surface area (Å²) in [5.41, 5.74) is 6.17. The van der Waals surface area contributed by atoms with E-state index in [1.165, 1.54) is 13.2 Å². The molecule has 0 aromatic heterocycles. The van der Waals surface area contributed by atoms with Crippen LogP contribution in [0.25, 0.3) is 0 Å². The van der Waals surface area contributed by atoms with E-state index >= 15 is 0 Å². The number of nitrogens with two attached hydrogens (primary N) is 1. The molecule has 1 atom stereocenters. The topological polar surface area (TPSA) is 75.9 Å². The van der Waals surface area contributed by atoms with Gasteiger partial charge in [0.05, 0.1) is 7.11 Å². The predicted octanol–water partition coefficient (Wildman–Crippen LogP) is 0.746. The van der Waals surface area contributed by atoms with Crippen LogP contribution >= 0.6 is 0 Å². The molecule has 7 heteroatoms. The fraction of sp³-hybridized carbons (Fsp3) is 0.571. The third kappa shape index (κ3) is 2.61. The SMILES string of the molecule is COc1ccc(N)cc1S(=O)(=O)N1CCN2CCCC2C1. The van der Waals surface area contributed by atoms with Gasteiger partial charge in [0.15, 0.2) is 0 Å². The maximum absolute atomic E-state index is 12.9. The van der Waals surface area contributed by atoms with Crippen LogP contribution in [0.4, 0.5) is 5.69 Å². The molecular weight excluding hydrogens is 290 g/mol. The molecule has 0 bridgehead atoms. The summed E-state index contributed by atoms with van der Waals surface area (Å²) in [6.07, 6.45) is 2.22. The molecule has 2 aliphatic heterocycles. The average molecular weight is 311 g/mol. The highest BCUT2D eigenvalue weighted by molar-refractivity contribution is 7.89. The van der Waals surface area contributed by atoms with Gasteiger partial charge in [-0.15, -0.1) is 0 Å². The molecule has 6 nitrogen and oxygen atoms in total. The fourth-order valence-corrected chi connectivity index (χ4v) is 4.87. The van der Waals surface area contributed by atoms with Crippen molar-refractivity contribution in [2.24, 2.45) is 0 Å². The summed E-state index contributed by atoms with van der Waals surface area (Å²) < 4.78 is 32.5. The Morgan fingerprint density at radius 2 is 2.10 bits per heavy atom. The number of methoxy groups -OCH3 is 1. The van der Waals surface area contributed by atoms with Crippen molar-refractivity contribution < 1.29 is 13.2 Å². The van der Waals surface area contributed by atoms with Crippen LogP contribution in [0.2, 0.25) is 0 Å². The summed E-state index contributed by atoms with van der Waals surface area (Å²) in [7, 11) is -2.09. The van der Waals surface area contributed by atoms with Crippen LogP contribution in [-0.4, -0.2) is 57.0 Å². The zero-order valence-electron chi connectivity index (χ0n) is 12.2. The average Bonchev–Trinajstić information content (AvgIpc) is 2.94. The Bertz CT molecular complexity index is 632. The summed E-state index contributed by atoms with van der Waals surface area (Å²) in [6.45, 7) is 2.96. The number of piperazine rings is 1. The molecule has 2 saturated heterocycles. The van der Waals surface area contributed by atoms with Crippen LogP contribution in [0.15, 0.2) is 23.1 Å². The molecule has 0 saturated carbocycles. The second-order valence-corrected chi connectivity index (χ2v) is 7.51. The number of nitrogen functional groups attached to an aromatic ring is 1. The molecule has 1 aromatic carbocycles. The Kier molecular flexibility index (Phi) is 3.81. The van der Waals surface area contributed by atoms with Crippen molar-refractivity contribution >= 4 is 15.7 Å². The van der Waals surface area contributed by atoms with E-state index in [4.69, 9.17) is 10.5 Å². The van der Waals surface area contributed by atoms with E-state index in [0.717, 1.165) is 25.9 Å². The first-order valence-electron chi connectivity index (χ1n) is 7.20. The van der Waals surface area contributed by atoms with Gasteiger partial charge in [-0.25, -0.2) is 8.42 Å². The minimum atomic E-state index is -3.56. The number of hydrogen-bond acceptors (Lipinski definition) is 5. The van der Waals surface area contributed by atoms with Gasteiger partial charge in [0, 0.05) is 31.4 Å². The third-order valence-electron chi connectivity index (χ3n) is 4.36. The standard InChI is InChI=1S/C14H21N3O3S/c1-20-13-5-4-11(15)9-14(13)21(18,19)17-8-7-16-6-2-3-12(16)10-17/h4-5,9,12H,2-3,6-8,10,15H2,1H3. The minimum absolute atomic E-state index is 0.163. The van der Waals surface area contributed by atoms with Crippen molar-refractivity contribution in [3.63, 3.8) is 0 Å². The Labute approximate surface area is 125 Å². The maximum atomic E-state index is 12.9. The van der Waals surface area contributed by atoms with Crippen molar-refractivity contribution in [3.8, 4) is 5.75 Å². The van der Waals surface area contributed by atoms with E-state index < -0.39 is 10.0 Å². The fourth-order valence-electron chi connectivity index (χ4n) is 3.21.